The van der Waals surface area contributed by atoms with Crippen LogP contribution in [0.25, 0.3) is 0 Å². The summed E-state index contributed by atoms with van der Waals surface area (Å²) in [6, 6.07) is 3.49. The summed E-state index contributed by atoms with van der Waals surface area (Å²) in [6.45, 7) is 2.40. The number of carbonyl (C=O) groups excluding carboxylic acids is 3. The van der Waals surface area contributed by atoms with Gasteiger partial charge in [-0.2, -0.15) is 0 Å². The lowest BCUT2D eigenvalue weighted by Crippen LogP contribution is -2.41. The number of aliphatic carboxylic acids is 1. The number of rotatable bonds is 4. The summed E-state index contributed by atoms with van der Waals surface area (Å²) in [7, 11) is 0. The molecule has 110 valence electrons. The van der Waals surface area contributed by atoms with Gasteiger partial charge < -0.3 is 10.4 Å². The van der Waals surface area contributed by atoms with Crippen LogP contribution >= 0.6 is 0 Å². The van der Waals surface area contributed by atoms with Crippen LogP contribution in [-0.2, 0) is 9.59 Å². The highest BCUT2D eigenvalue weighted by Gasteiger charge is 2.38. The molecule has 0 bridgehead atoms. The Hall–Kier alpha value is -2.70. The lowest BCUT2D eigenvalue weighted by molar-refractivity contribution is -0.137. The van der Waals surface area contributed by atoms with Crippen LogP contribution in [0.4, 0.5) is 0 Å². The van der Waals surface area contributed by atoms with Gasteiger partial charge in [-0.25, -0.2) is 0 Å². The van der Waals surface area contributed by atoms with Gasteiger partial charge in [0.05, 0.1) is 11.1 Å². The molecule has 1 aliphatic rings. The number of imide groups is 1. The molecule has 2 rings (SSSR count). The second kappa shape index (κ2) is 5.35. The van der Waals surface area contributed by atoms with Crippen LogP contribution < -0.4 is 5.32 Å². The summed E-state index contributed by atoms with van der Waals surface area (Å²) in [6.07, 6.45) is 0. The molecule has 1 aliphatic heterocycles. The van der Waals surface area contributed by atoms with Crippen molar-refractivity contribution in [2.75, 3.05) is 13.1 Å². The third kappa shape index (κ3) is 2.62. The first-order valence-electron chi connectivity index (χ1n) is 6.27. The van der Waals surface area contributed by atoms with E-state index in [1.807, 2.05) is 0 Å². The third-order valence-corrected chi connectivity index (χ3v) is 3.28. The van der Waals surface area contributed by atoms with Crippen LogP contribution in [0.3, 0.4) is 0 Å². The van der Waals surface area contributed by atoms with Gasteiger partial charge >= 0.3 is 5.97 Å². The van der Waals surface area contributed by atoms with E-state index in [0.717, 1.165) is 4.90 Å². The predicted molar refractivity (Wildman–Crippen MR) is 71.9 cm³/mol. The molecule has 0 saturated carbocycles. The van der Waals surface area contributed by atoms with E-state index in [-0.39, 0.29) is 0 Å². The van der Waals surface area contributed by atoms with E-state index in [1.54, 1.807) is 26.0 Å². The maximum atomic E-state index is 12.3. The average molecular weight is 290 g/mol. The summed E-state index contributed by atoms with van der Waals surface area (Å²) in [5.74, 6) is -2.94. The first-order chi connectivity index (χ1) is 9.82. The van der Waals surface area contributed by atoms with Crippen LogP contribution in [-0.4, -0.2) is 46.8 Å². The number of carbonyl (C=O) groups is 4. The number of aryl methyl sites for hydroxylation is 2. The second-order valence-electron chi connectivity index (χ2n) is 4.82. The van der Waals surface area contributed by atoms with Crippen molar-refractivity contribution in [3.05, 3.63) is 34.4 Å². The van der Waals surface area contributed by atoms with E-state index in [4.69, 9.17) is 5.11 Å². The molecule has 1 aromatic rings. The first kappa shape index (κ1) is 14.7. The average Bonchev–Trinajstić information content (AvgIpc) is 2.66. The Morgan fingerprint density at radius 2 is 1.57 bits per heavy atom. The minimum atomic E-state index is -1.20. The fourth-order valence-electron chi connectivity index (χ4n) is 2.24. The molecular weight excluding hydrogens is 276 g/mol. The Balaban J connectivity index is 2.22. The molecule has 3 amide bonds. The molecule has 1 heterocycles. The Morgan fingerprint density at radius 3 is 2.00 bits per heavy atom. The number of fused-ring (bicyclic) bond motifs is 1. The molecule has 0 fully saturated rings. The number of amides is 3. The number of carboxylic acids is 1. The van der Waals surface area contributed by atoms with E-state index >= 15 is 0 Å². The number of carboxylic acid groups (broad SMARTS) is 1. The maximum absolute atomic E-state index is 12.3. The molecule has 0 atom stereocenters. The highest BCUT2D eigenvalue weighted by Crippen LogP contribution is 2.28. The van der Waals surface area contributed by atoms with E-state index in [1.165, 1.54) is 0 Å². The van der Waals surface area contributed by atoms with Crippen LogP contribution in [0.2, 0.25) is 0 Å². The number of hydrogen-bond acceptors (Lipinski definition) is 4. The highest BCUT2D eigenvalue weighted by atomic mass is 16.4. The molecule has 0 radical (unpaired) electrons. The number of hydrogen-bond donors (Lipinski definition) is 2. The van der Waals surface area contributed by atoms with Gasteiger partial charge in [0.15, 0.2) is 0 Å². The predicted octanol–water partition coefficient (Wildman–Crippen LogP) is 0.100. The van der Waals surface area contributed by atoms with Gasteiger partial charge in [0.25, 0.3) is 11.8 Å². The van der Waals surface area contributed by atoms with Gasteiger partial charge in [-0.3, -0.25) is 24.1 Å². The fraction of sp³-hybridized carbons (Fsp3) is 0.286. The number of benzene rings is 1. The van der Waals surface area contributed by atoms with Crippen molar-refractivity contribution in [3.8, 4) is 0 Å². The minimum Gasteiger partial charge on any atom is -0.480 e. The monoisotopic (exact) mass is 290 g/mol. The Morgan fingerprint density at radius 1 is 1.10 bits per heavy atom. The summed E-state index contributed by atoms with van der Waals surface area (Å²) in [5, 5.41) is 10.6. The van der Waals surface area contributed by atoms with Gasteiger partial charge in [0.1, 0.15) is 13.1 Å². The molecule has 0 spiro atoms. The molecule has 0 unspecified atom stereocenters. The second-order valence-corrected chi connectivity index (χ2v) is 4.82. The molecule has 21 heavy (non-hydrogen) atoms. The number of nitrogens with one attached hydrogen (secondary N) is 1. The van der Waals surface area contributed by atoms with Crippen LogP contribution in [0.5, 0.6) is 0 Å². The Bertz CT molecular complexity index is 625. The fourth-order valence-corrected chi connectivity index (χ4v) is 2.24. The summed E-state index contributed by atoms with van der Waals surface area (Å²) < 4.78 is 0. The molecule has 7 heteroatoms. The van der Waals surface area contributed by atoms with Crippen LogP contribution in [0.1, 0.15) is 31.8 Å². The molecule has 7 nitrogen and oxygen atoms in total. The first-order valence-corrected chi connectivity index (χ1v) is 6.27. The Labute approximate surface area is 120 Å². The van der Waals surface area contributed by atoms with Gasteiger partial charge in [-0.1, -0.05) is 12.1 Å². The van der Waals surface area contributed by atoms with Crippen molar-refractivity contribution >= 4 is 23.7 Å². The maximum Gasteiger partial charge on any atom is 0.322 e. The van der Waals surface area contributed by atoms with Crippen molar-refractivity contribution < 1.29 is 24.3 Å². The van der Waals surface area contributed by atoms with Gasteiger partial charge in [-0.15, -0.1) is 0 Å². The highest BCUT2D eigenvalue weighted by molar-refractivity contribution is 6.23. The normalized spacial score (nSPS) is 13.3. The van der Waals surface area contributed by atoms with E-state index < -0.39 is 36.8 Å². The zero-order valence-corrected chi connectivity index (χ0v) is 11.6. The van der Waals surface area contributed by atoms with Crippen molar-refractivity contribution in [1.82, 2.24) is 10.2 Å². The van der Waals surface area contributed by atoms with Gasteiger partial charge in [0, 0.05) is 0 Å². The van der Waals surface area contributed by atoms with E-state index in [2.05, 4.69) is 5.32 Å². The lowest BCUT2D eigenvalue weighted by Gasteiger charge is -2.13. The zero-order chi connectivity index (χ0) is 15.7. The summed E-state index contributed by atoms with van der Waals surface area (Å²) in [5.41, 5.74) is 1.96. The number of nitrogens with zero attached hydrogens (tertiary/aromatic N) is 1. The topological polar surface area (TPSA) is 104 Å². The molecule has 1 aromatic carbocycles. The van der Waals surface area contributed by atoms with Crippen LogP contribution in [0.15, 0.2) is 12.1 Å². The van der Waals surface area contributed by atoms with Crippen molar-refractivity contribution in [1.29, 1.82) is 0 Å². The van der Waals surface area contributed by atoms with Gasteiger partial charge in [0.2, 0.25) is 5.91 Å². The molecule has 0 saturated heterocycles. The summed E-state index contributed by atoms with van der Waals surface area (Å²) in [4.78, 5) is 47.3. The van der Waals surface area contributed by atoms with Crippen LogP contribution in [0, 0.1) is 13.8 Å². The lowest BCUT2D eigenvalue weighted by atomic mass is 9.99. The third-order valence-electron chi connectivity index (χ3n) is 3.28. The zero-order valence-electron chi connectivity index (χ0n) is 11.6. The molecule has 0 aliphatic carbocycles. The summed E-state index contributed by atoms with van der Waals surface area (Å²) >= 11 is 0. The standard InChI is InChI=1S/C14H14N2O5/c1-7-3-4-8(2)12-11(7)13(20)16(14(12)21)6-9(17)15-5-10(18)19/h3-4H,5-6H2,1-2H3,(H,15,17)(H,18,19). The largest absolute Gasteiger partial charge is 0.480 e. The van der Waals surface area contributed by atoms with Crippen molar-refractivity contribution in [3.63, 3.8) is 0 Å². The van der Waals surface area contributed by atoms with E-state index in [9.17, 15) is 19.2 Å². The molecular formula is C14H14N2O5. The quantitative estimate of drug-likeness (QED) is 0.765. The van der Waals surface area contributed by atoms with E-state index in [0.29, 0.717) is 22.3 Å². The minimum absolute atomic E-state index is 0.311. The Kier molecular flexibility index (Phi) is 3.75. The smallest absolute Gasteiger partial charge is 0.322 e. The SMILES string of the molecule is Cc1ccc(C)c2c1C(=O)N(CC(=O)NCC(=O)O)C2=O. The van der Waals surface area contributed by atoms with Crippen molar-refractivity contribution in [2.24, 2.45) is 0 Å². The van der Waals surface area contributed by atoms with Crippen molar-refractivity contribution in [2.45, 2.75) is 13.8 Å². The molecule has 2 N–H and O–H groups in total. The molecule has 0 aromatic heterocycles. The van der Waals surface area contributed by atoms with Gasteiger partial charge in [-0.05, 0) is 25.0 Å².